The van der Waals surface area contributed by atoms with Gasteiger partial charge in [-0.2, -0.15) is 58.7 Å². The van der Waals surface area contributed by atoms with Gasteiger partial charge in [-0.3, -0.25) is 43.3 Å². The summed E-state index contributed by atoms with van der Waals surface area (Å²) >= 11 is 0. The Hall–Kier alpha value is -11.2. The Morgan fingerprint density at radius 2 is 0.957 bits per heavy atom. The van der Waals surface area contributed by atoms with Gasteiger partial charge in [-0.15, -0.1) is 11.1 Å². The van der Waals surface area contributed by atoms with Gasteiger partial charge in [-0.1, -0.05) is 59.7 Å². The van der Waals surface area contributed by atoms with Crippen LogP contribution in [0.5, 0.6) is 23.0 Å². The number of nitrogen functional groups attached to an aromatic ring is 2. The van der Waals surface area contributed by atoms with Crippen molar-refractivity contribution in [3.05, 3.63) is 252 Å². The summed E-state index contributed by atoms with van der Waals surface area (Å²) in [6, 6.07) is 42.1. The van der Waals surface area contributed by atoms with Crippen molar-refractivity contribution in [2.45, 2.75) is 153 Å². The molecule has 6 aliphatic rings. The van der Waals surface area contributed by atoms with E-state index in [2.05, 4.69) is 71.1 Å². The fraction of sp³-hybridized carbons (Fsp3) is 0.340. The van der Waals surface area contributed by atoms with Crippen molar-refractivity contribution in [1.29, 1.82) is 0 Å². The van der Waals surface area contributed by atoms with Gasteiger partial charge in [0.25, 0.3) is 11.8 Å². The smallest absolute Gasteiger partial charge is 0.252 e. The molecule has 8 heterocycles. The molecule has 10 aromatic rings. The van der Waals surface area contributed by atoms with Crippen molar-refractivity contribution in [3.63, 3.8) is 0 Å². The van der Waals surface area contributed by atoms with Gasteiger partial charge in [-0.05, 0) is 134 Å². The maximum atomic E-state index is 15.6. The molecule has 2 aliphatic carbocycles. The van der Waals surface area contributed by atoms with Crippen LogP contribution >= 0.6 is 0 Å². The van der Waals surface area contributed by atoms with E-state index < -0.39 is 23.7 Å². The van der Waals surface area contributed by atoms with E-state index in [0.717, 1.165) is 43.4 Å². The number of ether oxygens (including phenoxy) is 3. The Morgan fingerprint density at radius 3 is 1.35 bits per heavy atom. The first kappa shape index (κ1) is 117. The molecule has 6 N–H and O–H groups in total. The molecule has 0 bridgehead atoms. The second-order valence-corrected chi connectivity index (χ2v) is 32.9. The number of fused-ring (bicyclic) bond motifs is 4. The first-order valence-electron chi connectivity index (χ1n) is 44.4. The summed E-state index contributed by atoms with van der Waals surface area (Å²) in [4.78, 5) is 171. The fourth-order valence-electron chi connectivity index (χ4n) is 16.7. The first-order valence-corrected chi connectivity index (χ1v) is 44.4. The van der Waals surface area contributed by atoms with Crippen LogP contribution in [0.4, 0.5) is 20.4 Å². The number of unbranched alkanes of at least 4 members (excludes halogenated alkanes) is 1. The second-order valence-electron chi connectivity index (χ2n) is 32.9. The molecule has 4 aliphatic heterocycles. The summed E-state index contributed by atoms with van der Waals surface area (Å²) in [6.45, 7) is 35.4. The summed E-state index contributed by atoms with van der Waals surface area (Å²) in [5.41, 5.74) is 17.4. The maximum absolute atomic E-state index is 15.6. The standard InChI is InChI=1S/C35H39FN9O4.C35H39FN9O3.2C14H12NO3.2CH2O.4Y/c1-23(43(4)16-18-48-17-14-39-24(2)46)19-30(38-3)35(47)44-15-8-9-25(44)21-45-34-31(33(37)40-22-41-34)32(42-45)28-13-12-27(20-29(28)36)49-26-10-6-5-7-11-26;1-23(43(4)17-9-8-16-39-24(2)46)19-30(38-3)35(47)44-18-10-11-25(44)21-45-34-31(33(37)40-22-41-34)32(42-45)28-15-14-27(20-29(28)36)48-26-12-6-5-7-13-26;2*16-10-5-6-12(13(17)7-10)15-8-9-3-1-2-4-11(9)14(15)18;2*1-2;;;;/h5-7,10-13,19-20,22-23,25H,2,8-9,14-18,21H2,1,4H3,(H,39,46)(H2,37,40,41);5-7,12-15,19-20,22-23,25H,2,8-11,16-18,21H2,1,4H3,(H,39,46)(H2,37,40,41);2*1-2,4,12H,5-8H2;2*1H2;;;;/q4*-1;;;;;;/b2*30-19-;;;;;;;;/t2*23?,25-;;;;;;;;/m00......../s1. The van der Waals surface area contributed by atoms with Gasteiger partial charge in [-0.25, -0.2) is 47.8 Å². The molecular formula is C100H106F2N20O15Y4-4. The molecule has 726 valence electrons. The number of ketones is 4. The molecule has 41 heteroatoms. The van der Waals surface area contributed by atoms with Crippen molar-refractivity contribution in [2.24, 2.45) is 0 Å². The Bertz CT molecular complexity index is 6120. The third-order valence-electron chi connectivity index (χ3n) is 23.9. The predicted molar refractivity (Wildman–Crippen MR) is 503 cm³/mol. The number of benzene rings is 6. The number of Topliss-reactive ketones (excluding diaryl/α,β-unsaturated/α-hetero) is 4. The van der Waals surface area contributed by atoms with Crippen LogP contribution in [0, 0.1) is 50.8 Å². The van der Waals surface area contributed by atoms with Gasteiger partial charge in [0.15, 0.2) is 34.7 Å². The number of nitrogens with zero attached hydrogens (tertiary/aromatic N) is 16. The minimum absolute atomic E-state index is 0. The van der Waals surface area contributed by atoms with Crippen molar-refractivity contribution in [3.8, 4) is 45.5 Å². The topological polar surface area (TPSA) is 424 Å². The Labute approximate surface area is 916 Å². The van der Waals surface area contributed by atoms with E-state index in [0.29, 0.717) is 154 Å². The molecule has 4 radical (unpaired) electrons. The van der Waals surface area contributed by atoms with E-state index in [1.807, 2.05) is 82.8 Å². The molecular weight excluding hydrogens is 2110 g/mol. The zero-order valence-electron chi connectivity index (χ0n) is 78.8. The van der Waals surface area contributed by atoms with Gasteiger partial charge >= 0.3 is 0 Å². The summed E-state index contributed by atoms with van der Waals surface area (Å²) in [5.74, 6) is -0.856. The number of anilines is 2. The van der Waals surface area contributed by atoms with Crippen LogP contribution in [0.15, 0.2) is 170 Å². The number of likely N-dealkylation sites (N-methyl/N-ethyl adjacent to an activating group) is 2. The number of hydrogen-bond donors (Lipinski definition) is 4. The van der Waals surface area contributed by atoms with Crippen LogP contribution < -0.4 is 31.6 Å². The van der Waals surface area contributed by atoms with Crippen LogP contribution in [-0.4, -0.2) is 244 Å². The first-order chi connectivity index (χ1) is 66.1. The fourth-order valence-corrected chi connectivity index (χ4v) is 16.7. The number of carbonyl (C=O) groups is 12. The number of para-hydroxylation sites is 2. The Morgan fingerprint density at radius 1 is 0.546 bits per heavy atom. The number of rotatable bonds is 29. The van der Waals surface area contributed by atoms with E-state index >= 15 is 8.78 Å². The van der Waals surface area contributed by atoms with Crippen LogP contribution in [0.2, 0.25) is 0 Å². The Kier molecular flexibility index (Phi) is 47.4. The predicted octanol–water partition coefficient (Wildman–Crippen LogP) is 10.8. The third kappa shape index (κ3) is 30.7. The van der Waals surface area contributed by atoms with Crippen molar-refractivity contribution < 1.29 is 211 Å². The molecule has 0 spiro atoms. The molecule has 4 unspecified atom stereocenters. The summed E-state index contributed by atoms with van der Waals surface area (Å²) < 4.78 is 51.6. The molecule has 141 heavy (non-hydrogen) atoms. The molecule has 16 rings (SSSR count). The number of nitrogens with two attached hydrogens (primary N) is 2. The largest absolute Gasteiger partial charge is 0.457 e. The summed E-state index contributed by atoms with van der Waals surface area (Å²) in [5, 5.41) is 15.6. The molecule has 6 atom stereocenters. The molecule has 6 amide bonds. The van der Waals surface area contributed by atoms with E-state index in [1.54, 1.807) is 126 Å². The zero-order valence-corrected chi connectivity index (χ0v) is 90.1. The Balaban J connectivity index is 0.000000271. The zero-order chi connectivity index (χ0) is 98.5. The van der Waals surface area contributed by atoms with Gasteiger partial charge in [0.1, 0.15) is 95.5 Å². The van der Waals surface area contributed by atoms with Crippen LogP contribution in [0.3, 0.4) is 0 Å². The van der Waals surface area contributed by atoms with Gasteiger partial charge in [0.05, 0.1) is 99.0 Å². The van der Waals surface area contributed by atoms with E-state index in [-0.39, 0.29) is 285 Å². The molecule has 35 nitrogen and oxygen atoms in total. The summed E-state index contributed by atoms with van der Waals surface area (Å²) in [7, 11) is 3.82. The van der Waals surface area contributed by atoms with Crippen LogP contribution in [0.1, 0.15) is 123 Å². The number of hydrogen-bond acceptors (Lipinski definition) is 25. The average molecular weight is 2220 g/mol. The van der Waals surface area contributed by atoms with E-state index in [4.69, 9.17) is 58.6 Å². The molecule has 2 saturated carbocycles. The number of likely N-dealkylation sites (tertiary alicyclic amines) is 2. The van der Waals surface area contributed by atoms with Gasteiger partial charge < -0.3 is 93.8 Å². The number of halogens is 2. The average Bonchev–Trinajstić information content (AvgIpc) is 1.35. The van der Waals surface area contributed by atoms with Gasteiger partial charge in [0.2, 0.25) is 11.4 Å². The number of aromatic nitrogens is 8. The molecule has 4 fully saturated rings. The second kappa shape index (κ2) is 57.2. The number of amides is 6. The van der Waals surface area contributed by atoms with Crippen molar-refractivity contribution >= 4 is 106 Å². The van der Waals surface area contributed by atoms with Crippen molar-refractivity contribution in [1.82, 2.24) is 79.5 Å². The summed E-state index contributed by atoms with van der Waals surface area (Å²) in [6.07, 6.45) is 12.2. The molecule has 6 aromatic carbocycles. The minimum Gasteiger partial charge on any atom is -0.457 e. The maximum Gasteiger partial charge on any atom is 0.252 e. The molecule has 4 aromatic heterocycles. The minimum atomic E-state index is -0.555. The normalized spacial score (nSPS) is 16.6. The SMILES string of the molecule is C=O.C=O.O=C1CCC(N2Cc3[c-]cccc3C2=O)C(=O)C1.O=C1CCC(N2Cc3[c-]cccc3C2=O)C(=O)C1.[C-]#[N+]/C(=C\C(C)N(C)CCCCNC([CH2-])=O)C(=O)N1CCC[C@H]1Cn1nc(-c2ccc(Oc3ccccc3)cc2F)c2c(N)ncnc21.[C-]#[N+]/C(=C\C(C)N(C)CCOCCNC([CH2-])=O)C(=O)N1CCC[C@H]1Cn1nc(-c2ccc(Oc3ccccc3)cc2F)c2c(N)ncnc21.[Y].[Y].[Y].[Y]. The van der Waals surface area contributed by atoms with Crippen LogP contribution in [0.25, 0.3) is 54.3 Å². The monoisotopic (exact) mass is 2220 g/mol. The van der Waals surface area contributed by atoms with Crippen molar-refractivity contribution in [2.75, 3.05) is 78.0 Å². The molecule has 2 saturated heterocycles. The number of nitrogens with one attached hydrogen (secondary N) is 2. The number of carbonyl (C=O) groups excluding carboxylic acids is 12. The van der Waals surface area contributed by atoms with Crippen LogP contribution in [-0.2, 0) is 210 Å². The van der Waals surface area contributed by atoms with E-state index in [1.165, 1.54) is 24.8 Å². The van der Waals surface area contributed by atoms with E-state index in [9.17, 15) is 47.9 Å². The van der Waals surface area contributed by atoms with Gasteiger partial charge in [0, 0.05) is 225 Å². The quantitative estimate of drug-likeness (QED) is 0.0146. The third-order valence-corrected chi connectivity index (χ3v) is 23.9.